The maximum atomic E-state index is 12.5. The van der Waals surface area contributed by atoms with Gasteiger partial charge < -0.3 is 5.32 Å². The smallest absolute Gasteiger partial charge is 0.309 e. The highest BCUT2D eigenvalue weighted by molar-refractivity contribution is 7.10. The second-order valence-electron chi connectivity index (χ2n) is 4.23. The van der Waals surface area contributed by atoms with Crippen LogP contribution in [0.3, 0.4) is 0 Å². The minimum Gasteiger partial charge on any atom is -0.309 e. The molecule has 1 aromatic carbocycles. The molecule has 2 nitrogen and oxygen atoms in total. The van der Waals surface area contributed by atoms with Gasteiger partial charge in [-0.1, -0.05) is 18.2 Å². The Labute approximate surface area is 118 Å². The zero-order chi connectivity index (χ0) is 14.6. The maximum absolute atomic E-state index is 12.5. The van der Waals surface area contributed by atoms with E-state index in [4.69, 9.17) is 5.26 Å². The van der Waals surface area contributed by atoms with Crippen LogP contribution in [-0.4, -0.2) is 0 Å². The van der Waals surface area contributed by atoms with Crippen molar-refractivity contribution in [1.82, 2.24) is 5.32 Å². The zero-order valence-electron chi connectivity index (χ0n) is 10.4. The third-order valence-corrected chi connectivity index (χ3v) is 3.56. The molecule has 0 saturated carbocycles. The van der Waals surface area contributed by atoms with Crippen molar-refractivity contribution < 1.29 is 13.2 Å². The van der Waals surface area contributed by atoms with Crippen molar-refractivity contribution in [3.8, 4) is 6.07 Å². The summed E-state index contributed by atoms with van der Waals surface area (Å²) >= 11 is 1.35. The van der Waals surface area contributed by atoms with Gasteiger partial charge in [0.2, 0.25) is 0 Å². The first-order valence-electron chi connectivity index (χ1n) is 5.83. The van der Waals surface area contributed by atoms with Crippen LogP contribution in [-0.2, 0) is 19.3 Å². The van der Waals surface area contributed by atoms with E-state index in [1.54, 1.807) is 12.1 Å². The van der Waals surface area contributed by atoms with Crippen LogP contribution >= 0.6 is 11.3 Å². The summed E-state index contributed by atoms with van der Waals surface area (Å²) in [6, 6.07) is 9.06. The molecule has 1 aromatic heterocycles. The van der Waals surface area contributed by atoms with Gasteiger partial charge in [-0.05, 0) is 28.6 Å². The Bertz CT molecular complexity index is 626. The lowest BCUT2D eigenvalue weighted by Gasteiger charge is -2.09. The lowest BCUT2D eigenvalue weighted by Crippen LogP contribution is -2.13. The minimum absolute atomic E-state index is 0.349. The van der Waals surface area contributed by atoms with Crippen LogP contribution in [0.4, 0.5) is 13.2 Å². The fourth-order valence-electron chi connectivity index (χ4n) is 1.74. The number of halogens is 3. The molecule has 0 spiro atoms. The van der Waals surface area contributed by atoms with Crippen molar-refractivity contribution in [2.45, 2.75) is 19.3 Å². The Hall–Kier alpha value is -1.84. The average molecular weight is 296 g/mol. The van der Waals surface area contributed by atoms with E-state index in [0.717, 1.165) is 17.7 Å². The van der Waals surface area contributed by atoms with Gasteiger partial charge in [-0.3, -0.25) is 0 Å². The van der Waals surface area contributed by atoms with Gasteiger partial charge in [-0.25, -0.2) is 0 Å². The first kappa shape index (κ1) is 14.6. The number of rotatable bonds is 4. The molecule has 2 rings (SSSR count). The summed E-state index contributed by atoms with van der Waals surface area (Å²) < 4.78 is 37.6. The zero-order valence-corrected chi connectivity index (χ0v) is 11.2. The summed E-state index contributed by atoms with van der Waals surface area (Å²) in [5.41, 5.74) is 0.896. The lowest BCUT2D eigenvalue weighted by atomic mass is 10.1. The molecule has 0 amide bonds. The quantitative estimate of drug-likeness (QED) is 0.928. The van der Waals surface area contributed by atoms with Crippen molar-refractivity contribution in [3.05, 3.63) is 57.3 Å². The molecular weight excluding hydrogens is 285 g/mol. The van der Waals surface area contributed by atoms with E-state index in [0.29, 0.717) is 23.5 Å². The highest BCUT2D eigenvalue weighted by Crippen LogP contribution is 2.29. The molecule has 0 unspecified atom stereocenters. The van der Waals surface area contributed by atoms with E-state index < -0.39 is 11.7 Å². The van der Waals surface area contributed by atoms with E-state index in [1.165, 1.54) is 17.4 Å². The SMILES string of the molecule is N#Cc1cc(CNCc2cccc(C(F)(F)F)c2)cs1. The summed E-state index contributed by atoms with van der Waals surface area (Å²) in [5.74, 6) is 0. The van der Waals surface area contributed by atoms with Gasteiger partial charge in [0, 0.05) is 13.1 Å². The number of benzene rings is 1. The van der Waals surface area contributed by atoms with Gasteiger partial charge >= 0.3 is 6.18 Å². The Morgan fingerprint density at radius 3 is 2.55 bits per heavy atom. The van der Waals surface area contributed by atoms with Crippen molar-refractivity contribution >= 4 is 11.3 Å². The van der Waals surface area contributed by atoms with Gasteiger partial charge in [0.05, 0.1) is 5.56 Å². The van der Waals surface area contributed by atoms with Crippen molar-refractivity contribution in [2.75, 3.05) is 0 Å². The largest absolute Gasteiger partial charge is 0.416 e. The molecule has 1 heterocycles. The van der Waals surface area contributed by atoms with Crippen molar-refractivity contribution in [2.24, 2.45) is 0 Å². The van der Waals surface area contributed by atoms with Crippen molar-refractivity contribution in [1.29, 1.82) is 5.26 Å². The molecular formula is C14H11F3N2S. The topological polar surface area (TPSA) is 35.8 Å². The van der Waals surface area contributed by atoms with E-state index in [2.05, 4.69) is 5.32 Å². The molecule has 0 aliphatic carbocycles. The molecule has 0 fully saturated rings. The number of nitriles is 1. The van der Waals surface area contributed by atoms with Gasteiger partial charge in [0.25, 0.3) is 0 Å². The van der Waals surface area contributed by atoms with Crippen LogP contribution in [0.5, 0.6) is 0 Å². The van der Waals surface area contributed by atoms with Gasteiger partial charge in [-0.2, -0.15) is 18.4 Å². The number of nitrogens with zero attached hydrogens (tertiary/aromatic N) is 1. The van der Waals surface area contributed by atoms with Crippen LogP contribution < -0.4 is 5.32 Å². The lowest BCUT2D eigenvalue weighted by molar-refractivity contribution is -0.137. The predicted molar refractivity (Wildman–Crippen MR) is 71.0 cm³/mol. The van der Waals surface area contributed by atoms with E-state index >= 15 is 0 Å². The fourth-order valence-corrected chi connectivity index (χ4v) is 2.44. The summed E-state index contributed by atoms with van der Waals surface area (Å²) in [7, 11) is 0. The summed E-state index contributed by atoms with van der Waals surface area (Å²) in [4.78, 5) is 0.626. The molecule has 0 atom stereocenters. The first-order valence-corrected chi connectivity index (χ1v) is 6.71. The number of alkyl halides is 3. The van der Waals surface area contributed by atoms with Gasteiger partial charge in [-0.15, -0.1) is 11.3 Å². The summed E-state index contributed by atoms with van der Waals surface area (Å²) in [6.07, 6.45) is -4.31. The first-order chi connectivity index (χ1) is 9.49. The monoisotopic (exact) mass is 296 g/mol. The molecule has 0 aliphatic rings. The maximum Gasteiger partial charge on any atom is 0.416 e. The van der Waals surface area contributed by atoms with Crippen LogP contribution in [0, 0.1) is 11.3 Å². The molecule has 0 saturated heterocycles. The second-order valence-corrected chi connectivity index (χ2v) is 5.14. The third kappa shape index (κ3) is 3.83. The highest BCUT2D eigenvalue weighted by atomic mass is 32.1. The molecule has 6 heteroatoms. The molecule has 104 valence electrons. The van der Waals surface area contributed by atoms with E-state index in [-0.39, 0.29) is 0 Å². The molecule has 1 N–H and O–H groups in total. The van der Waals surface area contributed by atoms with Crippen LogP contribution in [0.25, 0.3) is 0 Å². The summed E-state index contributed by atoms with van der Waals surface area (Å²) in [6.45, 7) is 0.871. The summed E-state index contributed by atoms with van der Waals surface area (Å²) in [5, 5.41) is 13.6. The number of thiophene rings is 1. The van der Waals surface area contributed by atoms with E-state index in [1.807, 2.05) is 11.4 Å². The Morgan fingerprint density at radius 2 is 1.90 bits per heavy atom. The van der Waals surface area contributed by atoms with E-state index in [9.17, 15) is 13.2 Å². The second kappa shape index (κ2) is 6.07. The predicted octanol–water partition coefficient (Wildman–Crippen LogP) is 3.93. The molecule has 20 heavy (non-hydrogen) atoms. The Morgan fingerprint density at radius 1 is 1.15 bits per heavy atom. The molecule has 0 aliphatic heterocycles. The van der Waals surface area contributed by atoms with Gasteiger partial charge in [0.15, 0.2) is 0 Å². The fraction of sp³-hybridized carbons (Fsp3) is 0.214. The molecule has 0 bridgehead atoms. The van der Waals surface area contributed by atoms with Crippen molar-refractivity contribution in [3.63, 3.8) is 0 Å². The normalized spacial score (nSPS) is 11.3. The minimum atomic E-state index is -4.31. The highest BCUT2D eigenvalue weighted by Gasteiger charge is 2.30. The Balaban J connectivity index is 1.93. The average Bonchev–Trinajstić information content (AvgIpc) is 2.86. The molecule has 0 radical (unpaired) electrons. The van der Waals surface area contributed by atoms with Crippen LogP contribution in [0.1, 0.15) is 21.6 Å². The standard InChI is InChI=1S/C14H11F3N2S/c15-14(16,17)12-3-1-2-10(4-12)7-19-8-11-5-13(6-18)20-9-11/h1-5,9,19H,7-8H2. The van der Waals surface area contributed by atoms with Crippen LogP contribution in [0.2, 0.25) is 0 Å². The molecule has 2 aromatic rings. The number of hydrogen-bond acceptors (Lipinski definition) is 3. The van der Waals surface area contributed by atoms with Crippen LogP contribution in [0.15, 0.2) is 35.7 Å². The number of nitrogens with one attached hydrogen (secondary N) is 1. The Kier molecular flexibility index (Phi) is 4.42. The van der Waals surface area contributed by atoms with Gasteiger partial charge in [0.1, 0.15) is 10.9 Å². The number of hydrogen-bond donors (Lipinski definition) is 1. The third-order valence-electron chi connectivity index (χ3n) is 2.68.